The Morgan fingerprint density at radius 3 is 2.43 bits per heavy atom. The van der Waals surface area contributed by atoms with Crippen molar-refractivity contribution in [1.29, 1.82) is 0 Å². The summed E-state index contributed by atoms with van der Waals surface area (Å²) in [5, 5.41) is 2.29. The van der Waals surface area contributed by atoms with Gasteiger partial charge in [0.15, 0.2) is 0 Å². The number of piperidine rings is 1. The van der Waals surface area contributed by atoms with Crippen LogP contribution in [-0.2, 0) is 43.4 Å². The first-order chi connectivity index (χ1) is 17.7. The van der Waals surface area contributed by atoms with Gasteiger partial charge in [0, 0.05) is 37.4 Å². The lowest BCUT2D eigenvalue weighted by molar-refractivity contribution is -0.137. The normalized spacial score (nSPS) is 19.3. The van der Waals surface area contributed by atoms with E-state index in [1.54, 1.807) is 36.4 Å². The topological polar surface area (TPSA) is 121 Å². The first-order valence-electron chi connectivity index (χ1n) is 11.8. The largest absolute Gasteiger partial charge is 0.322 e. The lowest BCUT2D eigenvalue weighted by Gasteiger charge is -2.29. The first-order valence-corrected chi connectivity index (χ1v) is 12.6. The van der Waals surface area contributed by atoms with Gasteiger partial charge >= 0.3 is 0 Å². The summed E-state index contributed by atoms with van der Waals surface area (Å²) in [6, 6.07) is 11.5. The number of benzene rings is 2. The number of carbonyl (C=O) groups excluding carboxylic acids is 6. The minimum Gasteiger partial charge on any atom is -0.322 e. The van der Waals surface area contributed by atoms with Crippen molar-refractivity contribution in [3.05, 3.63) is 75.3 Å². The van der Waals surface area contributed by atoms with Crippen molar-refractivity contribution >= 4 is 56.9 Å². The Hall–Kier alpha value is -3.92. The van der Waals surface area contributed by atoms with Crippen LogP contribution in [0.1, 0.15) is 46.3 Å². The molecule has 1 saturated heterocycles. The molecule has 0 saturated carbocycles. The summed E-state index contributed by atoms with van der Waals surface area (Å²) in [4.78, 5) is 76.3. The van der Waals surface area contributed by atoms with Crippen LogP contribution in [-0.4, -0.2) is 46.3 Å². The fourth-order valence-corrected chi connectivity index (χ4v) is 5.27. The number of hydrogen-bond donors (Lipinski definition) is 1. The number of carbonyl (C=O) groups is 6. The molecular weight excluding hydrogens is 542 g/mol. The monoisotopic (exact) mass is 563 g/mol. The van der Waals surface area contributed by atoms with E-state index in [1.807, 2.05) is 6.07 Å². The Kier molecular flexibility index (Phi) is 6.59. The predicted octanol–water partition coefficient (Wildman–Crippen LogP) is 2.34. The molecule has 1 N–H and O–H groups in total. The second kappa shape index (κ2) is 9.85. The molecule has 0 radical (unpaired) electrons. The second-order valence-electron chi connectivity index (χ2n) is 9.20. The van der Waals surface area contributed by atoms with E-state index in [1.165, 1.54) is 11.0 Å². The number of ketones is 1. The molecule has 3 aliphatic heterocycles. The van der Waals surface area contributed by atoms with Gasteiger partial charge in [-0.1, -0.05) is 24.3 Å². The van der Waals surface area contributed by atoms with Crippen molar-refractivity contribution in [2.24, 2.45) is 0 Å². The van der Waals surface area contributed by atoms with Gasteiger partial charge in [-0.2, -0.15) is 0 Å². The second-order valence-corrected chi connectivity index (χ2v) is 10.1. The number of aryl methyl sites for hydroxylation is 1. The number of halogens is 1. The Balaban J connectivity index is 1.21. The van der Waals surface area contributed by atoms with E-state index in [2.05, 4.69) is 21.2 Å². The van der Waals surface area contributed by atoms with Gasteiger partial charge in [0.2, 0.25) is 11.8 Å². The van der Waals surface area contributed by atoms with Crippen molar-refractivity contribution in [2.75, 3.05) is 4.90 Å². The molecule has 0 aromatic heterocycles. The smallest absolute Gasteiger partial charge is 0.272 e. The Morgan fingerprint density at radius 2 is 1.76 bits per heavy atom. The van der Waals surface area contributed by atoms with Gasteiger partial charge in [-0.05, 0) is 63.7 Å². The van der Waals surface area contributed by atoms with Crippen LogP contribution in [0.25, 0.3) is 0 Å². The third kappa shape index (κ3) is 4.76. The van der Waals surface area contributed by atoms with E-state index in [4.69, 9.17) is 0 Å². The van der Waals surface area contributed by atoms with E-state index < -0.39 is 23.8 Å². The number of anilines is 1. The molecule has 188 valence electrons. The van der Waals surface area contributed by atoms with Crippen LogP contribution in [0.3, 0.4) is 0 Å². The highest BCUT2D eigenvalue weighted by molar-refractivity contribution is 9.12. The minimum absolute atomic E-state index is 0.00223. The summed E-state index contributed by atoms with van der Waals surface area (Å²) in [5.41, 5.74) is 3.33. The molecule has 9 nitrogen and oxygen atoms in total. The molecule has 3 heterocycles. The predicted molar refractivity (Wildman–Crippen MR) is 135 cm³/mol. The summed E-state index contributed by atoms with van der Waals surface area (Å²) in [7, 11) is 0. The number of fused-ring (bicyclic) bond motifs is 1. The standard InChI is InChI=1S/C27H22BrN3O6/c28-21-13-24(34)31(27(21)37)17-7-4-15(5-8-17)6-9-18(32)12-16-2-1-3-19-20(16)14-30(26(19)36)22-10-11-23(33)29-25(22)35/h1-5,7-8,13,22H,6,9-12,14H2,(H,29,33,35). The summed E-state index contributed by atoms with van der Waals surface area (Å²) < 4.78 is 0.210. The molecule has 37 heavy (non-hydrogen) atoms. The van der Waals surface area contributed by atoms with Crippen LogP contribution >= 0.6 is 15.9 Å². The summed E-state index contributed by atoms with van der Waals surface area (Å²) >= 11 is 3.07. The van der Waals surface area contributed by atoms with E-state index in [9.17, 15) is 28.8 Å². The Labute approximate surface area is 220 Å². The minimum atomic E-state index is -0.702. The van der Waals surface area contributed by atoms with Crippen molar-refractivity contribution in [3.8, 4) is 0 Å². The number of rotatable bonds is 7. The van der Waals surface area contributed by atoms with Crippen molar-refractivity contribution < 1.29 is 28.8 Å². The van der Waals surface area contributed by atoms with Gasteiger partial charge in [-0.15, -0.1) is 0 Å². The first kappa shape index (κ1) is 24.8. The third-order valence-electron chi connectivity index (χ3n) is 6.83. The molecule has 5 rings (SSSR count). The molecule has 0 bridgehead atoms. The summed E-state index contributed by atoms with van der Waals surface area (Å²) in [6.45, 7) is 0.226. The average Bonchev–Trinajstić information content (AvgIpc) is 3.33. The van der Waals surface area contributed by atoms with Crippen LogP contribution in [0.2, 0.25) is 0 Å². The number of imide groups is 2. The summed E-state index contributed by atoms with van der Waals surface area (Å²) in [6.07, 6.45) is 2.62. The van der Waals surface area contributed by atoms with Gasteiger partial charge < -0.3 is 4.90 Å². The zero-order chi connectivity index (χ0) is 26.3. The fraction of sp³-hybridized carbons (Fsp3) is 0.259. The Bertz CT molecular complexity index is 1400. The quantitative estimate of drug-likeness (QED) is 0.516. The highest BCUT2D eigenvalue weighted by Crippen LogP contribution is 2.30. The Morgan fingerprint density at radius 1 is 1.00 bits per heavy atom. The SMILES string of the molecule is O=C(CCc1ccc(N2C(=O)C=C(Br)C2=O)cc1)Cc1cccc2c1CN(C1CCC(=O)NC1=O)C2=O. The molecule has 3 aliphatic rings. The molecule has 1 unspecified atom stereocenters. The molecule has 10 heteroatoms. The lowest BCUT2D eigenvalue weighted by atomic mass is 9.96. The van der Waals surface area contributed by atoms with Crippen molar-refractivity contribution in [1.82, 2.24) is 10.2 Å². The molecule has 5 amide bonds. The third-order valence-corrected chi connectivity index (χ3v) is 7.40. The van der Waals surface area contributed by atoms with Crippen LogP contribution in [0.4, 0.5) is 5.69 Å². The van der Waals surface area contributed by atoms with E-state index in [0.29, 0.717) is 17.7 Å². The highest BCUT2D eigenvalue weighted by atomic mass is 79.9. The molecular formula is C27H22BrN3O6. The molecule has 0 spiro atoms. The van der Waals surface area contributed by atoms with Gasteiger partial charge in [-0.3, -0.25) is 34.1 Å². The number of amides is 5. The summed E-state index contributed by atoms with van der Waals surface area (Å²) in [5.74, 6) is -1.90. The molecule has 1 fully saturated rings. The van der Waals surface area contributed by atoms with Gasteiger partial charge in [0.05, 0.1) is 10.2 Å². The van der Waals surface area contributed by atoms with E-state index in [-0.39, 0.29) is 54.3 Å². The molecule has 2 aromatic rings. The van der Waals surface area contributed by atoms with E-state index in [0.717, 1.165) is 21.6 Å². The molecule has 2 aromatic carbocycles. The van der Waals surface area contributed by atoms with Crippen LogP contribution < -0.4 is 10.2 Å². The van der Waals surface area contributed by atoms with Crippen LogP contribution in [0.5, 0.6) is 0 Å². The maximum absolute atomic E-state index is 13.0. The fourth-order valence-electron chi connectivity index (χ4n) is 4.90. The zero-order valence-corrected chi connectivity index (χ0v) is 21.2. The van der Waals surface area contributed by atoms with Crippen LogP contribution in [0, 0.1) is 0 Å². The van der Waals surface area contributed by atoms with Crippen molar-refractivity contribution in [2.45, 2.75) is 44.7 Å². The number of nitrogens with one attached hydrogen (secondary N) is 1. The number of nitrogens with zero attached hydrogens (tertiary/aromatic N) is 2. The molecule has 1 atom stereocenters. The zero-order valence-electron chi connectivity index (χ0n) is 19.7. The van der Waals surface area contributed by atoms with Gasteiger partial charge in [0.1, 0.15) is 11.8 Å². The molecule has 0 aliphatic carbocycles. The number of hydrogen-bond acceptors (Lipinski definition) is 6. The number of Topliss-reactive ketones (excluding diaryl/α,β-unsaturated/α-hetero) is 1. The maximum Gasteiger partial charge on any atom is 0.272 e. The van der Waals surface area contributed by atoms with Crippen molar-refractivity contribution in [3.63, 3.8) is 0 Å². The highest BCUT2D eigenvalue weighted by Gasteiger charge is 2.39. The van der Waals surface area contributed by atoms with Gasteiger partial charge in [-0.25, -0.2) is 4.90 Å². The average molecular weight is 564 g/mol. The van der Waals surface area contributed by atoms with E-state index >= 15 is 0 Å². The maximum atomic E-state index is 13.0. The lowest BCUT2D eigenvalue weighted by Crippen LogP contribution is -2.52. The van der Waals surface area contributed by atoms with Crippen LogP contribution in [0.15, 0.2) is 53.0 Å². The van der Waals surface area contributed by atoms with Gasteiger partial charge in [0.25, 0.3) is 17.7 Å².